The summed E-state index contributed by atoms with van der Waals surface area (Å²) in [6.45, 7) is 6.00. The molecule has 132 valence electrons. The number of carbonyl (C=O) groups excluding carboxylic acids is 1. The normalized spacial score (nSPS) is 18.0. The van der Waals surface area contributed by atoms with E-state index in [2.05, 4.69) is 27.3 Å². The van der Waals surface area contributed by atoms with Gasteiger partial charge in [0.25, 0.3) is 5.91 Å². The molecule has 1 aromatic carbocycles. The zero-order chi connectivity index (χ0) is 17.5. The second-order valence-corrected chi connectivity index (χ2v) is 6.41. The lowest BCUT2D eigenvalue weighted by Crippen LogP contribution is -2.43. The standard InChI is InChI=1S/C20H25N3O2/c1-16-6-5-9-18(22-16)14-23-12-13-25-19(15-23)10-11-21-20(24)17-7-3-2-4-8-17/h2-9,19H,10-15H2,1H3,(H,21,24). The van der Waals surface area contributed by atoms with Gasteiger partial charge in [-0.1, -0.05) is 24.3 Å². The Morgan fingerprint density at radius 3 is 2.88 bits per heavy atom. The quantitative estimate of drug-likeness (QED) is 0.878. The fraction of sp³-hybridized carbons (Fsp3) is 0.400. The Morgan fingerprint density at radius 1 is 1.24 bits per heavy atom. The number of amides is 1. The van der Waals surface area contributed by atoms with Gasteiger partial charge in [0.1, 0.15) is 0 Å². The molecule has 1 aliphatic heterocycles. The summed E-state index contributed by atoms with van der Waals surface area (Å²) < 4.78 is 5.84. The van der Waals surface area contributed by atoms with Gasteiger partial charge in [-0.05, 0) is 37.6 Å². The van der Waals surface area contributed by atoms with E-state index in [0.29, 0.717) is 12.1 Å². The summed E-state index contributed by atoms with van der Waals surface area (Å²) >= 11 is 0. The molecule has 1 aliphatic rings. The van der Waals surface area contributed by atoms with E-state index in [1.807, 2.05) is 43.3 Å². The SMILES string of the molecule is Cc1cccc(CN2CCOC(CCNC(=O)c3ccccc3)C2)n1. The maximum Gasteiger partial charge on any atom is 0.251 e. The smallest absolute Gasteiger partial charge is 0.251 e. The van der Waals surface area contributed by atoms with Crippen molar-refractivity contribution in [3.8, 4) is 0 Å². The number of nitrogens with zero attached hydrogens (tertiary/aromatic N) is 2. The Kier molecular flexibility index (Phi) is 6.14. The zero-order valence-electron chi connectivity index (χ0n) is 14.6. The van der Waals surface area contributed by atoms with Crippen LogP contribution in [0.1, 0.15) is 28.2 Å². The van der Waals surface area contributed by atoms with Gasteiger partial charge < -0.3 is 10.1 Å². The monoisotopic (exact) mass is 339 g/mol. The highest BCUT2D eigenvalue weighted by atomic mass is 16.5. The predicted molar refractivity (Wildman–Crippen MR) is 97.4 cm³/mol. The van der Waals surface area contributed by atoms with Crippen LogP contribution in [0.5, 0.6) is 0 Å². The van der Waals surface area contributed by atoms with Crippen LogP contribution in [0.25, 0.3) is 0 Å². The number of hydrogen-bond acceptors (Lipinski definition) is 4. The van der Waals surface area contributed by atoms with Gasteiger partial charge in [0.2, 0.25) is 0 Å². The van der Waals surface area contributed by atoms with Crippen LogP contribution in [0.4, 0.5) is 0 Å². The maximum absolute atomic E-state index is 12.1. The van der Waals surface area contributed by atoms with E-state index in [1.54, 1.807) is 0 Å². The van der Waals surface area contributed by atoms with E-state index in [4.69, 9.17) is 4.74 Å². The molecule has 0 bridgehead atoms. The van der Waals surface area contributed by atoms with Crippen LogP contribution < -0.4 is 5.32 Å². The third kappa shape index (κ3) is 5.37. The van der Waals surface area contributed by atoms with Gasteiger partial charge in [0.15, 0.2) is 0 Å². The van der Waals surface area contributed by atoms with Crippen LogP contribution in [-0.2, 0) is 11.3 Å². The molecule has 1 atom stereocenters. The summed E-state index contributed by atoms with van der Waals surface area (Å²) in [4.78, 5) is 19.0. The fourth-order valence-corrected chi connectivity index (χ4v) is 3.05. The Bertz CT molecular complexity index is 690. The average Bonchev–Trinajstić information content (AvgIpc) is 2.63. The first-order chi connectivity index (χ1) is 12.2. The van der Waals surface area contributed by atoms with Crippen LogP contribution in [0.3, 0.4) is 0 Å². The number of nitrogens with one attached hydrogen (secondary N) is 1. The Morgan fingerprint density at radius 2 is 2.08 bits per heavy atom. The second kappa shape index (κ2) is 8.74. The topological polar surface area (TPSA) is 54.5 Å². The van der Waals surface area contributed by atoms with Gasteiger partial charge in [-0.15, -0.1) is 0 Å². The maximum atomic E-state index is 12.1. The van der Waals surface area contributed by atoms with Gasteiger partial charge >= 0.3 is 0 Å². The fourth-order valence-electron chi connectivity index (χ4n) is 3.05. The summed E-state index contributed by atoms with van der Waals surface area (Å²) in [5.41, 5.74) is 2.84. The van der Waals surface area contributed by atoms with Crippen LogP contribution in [0.15, 0.2) is 48.5 Å². The summed E-state index contributed by atoms with van der Waals surface area (Å²) in [6, 6.07) is 15.4. The second-order valence-electron chi connectivity index (χ2n) is 6.41. The molecule has 1 unspecified atom stereocenters. The van der Waals surface area contributed by atoms with Crippen molar-refractivity contribution in [3.63, 3.8) is 0 Å². The van der Waals surface area contributed by atoms with E-state index < -0.39 is 0 Å². The molecule has 0 radical (unpaired) electrons. The highest BCUT2D eigenvalue weighted by Gasteiger charge is 2.20. The number of rotatable bonds is 6. The number of aryl methyl sites for hydroxylation is 1. The van der Waals surface area contributed by atoms with Gasteiger partial charge in [-0.3, -0.25) is 14.7 Å². The molecular weight excluding hydrogens is 314 g/mol. The molecule has 5 nitrogen and oxygen atoms in total. The highest BCUT2D eigenvalue weighted by molar-refractivity contribution is 5.94. The summed E-state index contributed by atoms with van der Waals surface area (Å²) in [6.07, 6.45) is 0.964. The molecule has 3 rings (SSSR count). The molecule has 1 amide bonds. The number of pyridine rings is 1. The summed E-state index contributed by atoms with van der Waals surface area (Å²) in [5, 5.41) is 2.97. The molecule has 0 spiro atoms. The summed E-state index contributed by atoms with van der Waals surface area (Å²) in [7, 11) is 0. The minimum absolute atomic E-state index is 0.0303. The average molecular weight is 339 g/mol. The van der Waals surface area contributed by atoms with Crippen LogP contribution in [0.2, 0.25) is 0 Å². The molecule has 1 N–H and O–H groups in total. The number of benzene rings is 1. The molecular formula is C20H25N3O2. The van der Waals surface area contributed by atoms with Crippen molar-refractivity contribution in [2.75, 3.05) is 26.2 Å². The van der Waals surface area contributed by atoms with Crippen LogP contribution in [0, 0.1) is 6.92 Å². The molecule has 2 aromatic rings. The third-order valence-corrected chi connectivity index (χ3v) is 4.34. The number of aromatic nitrogens is 1. The van der Waals surface area contributed by atoms with Crippen molar-refractivity contribution in [1.29, 1.82) is 0 Å². The van der Waals surface area contributed by atoms with Gasteiger partial charge in [-0.25, -0.2) is 0 Å². The highest BCUT2D eigenvalue weighted by Crippen LogP contribution is 2.12. The first-order valence-electron chi connectivity index (χ1n) is 8.80. The Labute approximate surface area is 149 Å². The van der Waals surface area contributed by atoms with Crippen molar-refractivity contribution < 1.29 is 9.53 Å². The predicted octanol–water partition coefficient (Wildman–Crippen LogP) is 2.41. The van der Waals surface area contributed by atoms with Crippen molar-refractivity contribution in [2.24, 2.45) is 0 Å². The van der Waals surface area contributed by atoms with E-state index >= 15 is 0 Å². The third-order valence-electron chi connectivity index (χ3n) is 4.34. The molecule has 2 heterocycles. The van der Waals surface area contributed by atoms with Crippen molar-refractivity contribution in [1.82, 2.24) is 15.2 Å². The number of morpholine rings is 1. The van der Waals surface area contributed by atoms with Crippen molar-refractivity contribution >= 4 is 5.91 Å². The number of hydrogen-bond donors (Lipinski definition) is 1. The molecule has 1 fully saturated rings. The Balaban J connectivity index is 1.43. The first kappa shape index (κ1) is 17.6. The van der Waals surface area contributed by atoms with Gasteiger partial charge in [0.05, 0.1) is 18.4 Å². The molecule has 0 aliphatic carbocycles. The number of carbonyl (C=O) groups is 1. The molecule has 1 aromatic heterocycles. The zero-order valence-corrected chi connectivity index (χ0v) is 14.6. The lowest BCUT2D eigenvalue weighted by atomic mass is 10.1. The molecule has 25 heavy (non-hydrogen) atoms. The van der Waals surface area contributed by atoms with Crippen LogP contribution >= 0.6 is 0 Å². The lowest BCUT2D eigenvalue weighted by Gasteiger charge is -2.32. The van der Waals surface area contributed by atoms with Gasteiger partial charge in [-0.2, -0.15) is 0 Å². The van der Waals surface area contributed by atoms with Crippen LogP contribution in [-0.4, -0.2) is 48.1 Å². The van der Waals surface area contributed by atoms with E-state index in [9.17, 15) is 4.79 Å². The van der Waals surface area contributed by atoms with E-state index in [1.165, 1.54) is 0 Å². The van der Waals surface area contributed by atoms with E-state index in [-0.39, 0.29) is 12.0 Å². The lowest BCUT2D eigenvalue weighted by molar-refractivity contribution is -0.0345. The molecule has 0 saturated carbocycles. The summed E-state index contributed by atoms with van der Waals surface area (Å²) in [5.74, 6) is -0.0303. The van der Waals surface area contributed by atoms with E-state index in [0.717, 1.165) is 44.0 Å². The van der Waals surface area contributed by atoms with Crippen molar-refractivity contribution in [2.45, 2.75) is 26.0 Å². The Hall–Kier alpha value is -2.24. The minimum Gasteiger partial charge on any atom is -0.375 e. The molecule has 1 saturated heterocycles. The first-order valence-corrected chi connectivity index (χ1v) is 8.80. The number of ether oxygens (including phenoxy) is 1. The minimum atomic E-state index is -0.0303. The largest absolute Gasteiger partial charge is 0.375 e. The molecule has 5 heteroatoms. The van der Waals surface area contributed by atoms with Crippen molar-refractivity contribution in [3.05, 3.63) is 65.5 Å². The van der Waals surface area contributed by atoms with Gasteiger partial charge in [0, 0.05) is 37.4 Å².